The van der Waals surface area contributed by atoms with Gasteiger partial charge in [-0.05, 0) is 223 Å². The van der Waals surface area contributed by atoms with Crippen LogP contribution in [0.5, 0.6) is 17.2 Å². The van der Waals surface area contributed by atoms with Gasteiger partial charge in [0.15, 0.2) is 31.3 Å². The van der Waals surface area contributed by atoms with Gasteiger partial charge in [-0.2, -0.15) is 0 Å². The third-order valence-corrected chi connectivity index (χ3v) is 22.1. The molecule has 0 saturated carbocycles. The van der Waals surface area contributed by atoms with Gasteiger partial charge in [0, 0.05) is 43.4 Å². The maximum absolute atomic E-state index is 13.1. The number of nitrogens with zero attached hydrogens (tertiary/aromatic N) is 2. The van der Waals surface area contributed by atoms with E-state index in [4.69, 9.17) is 43.4 Å². The predicted octanol–water partition coefficient (Wildman–Crippen LogP) is 12.1. The summed E-state index contributed by atoms with van der Waals surface area (Å²) in [6.45, 7) is 13.8. The number of amides is 4. The van der Waals surface area contributed by atoms with Crippen molar-refractivity contribution in [3.8, 4) is 17.2 Å². The van der Waals surface area contributed by atoms with Gasteiger partial charge in [0.2, 0.25) is 0 Å². The third-order valence-electron chi connectivity index (χ3n) is 22.1. The maximum atomic E-state index is 13.1. The molecule has 5 aromatic rings. The minimum Gasteiger partial charge on any atom is -0.507 e. The van der Waals surface area contributed by atoms with E-state index in [0.717, 1.165) is 38.5 Å². The van der Waals surface area contributed by atoms with E-state index < -0.39 is 79.9 Å². The van der Waals surface area contributed by atoms with Crippen molar-refractivity contribution >= 4 is 29.9 Å². The first kappa shape index (κ1) is 98.7. The molecular weight excluding hydrogens is 1530 g/mol. The minimum absolute atomic E-state index is 0.0150. The van der Waals surface area contributed by atoms with E-state index in [1.54, 1.807) is 104 Å². The molecule has 0 bridgehead atoms. The van der Waals surface area contributed by atoms with Gasteiger partial charge in [-0.25, -0.2) is 0 Å². The molecule has 0 spiro atoms. The van der Waals surface area contributed by atoms with Crippen molar-refractivity contribution in [2.45, 2.75) is 337 Å². The van der Waals surface area contributed by atoms with Crippen LogP contribution in [0.3, 0.4) is 0 Å². The number of hydrogen-bond acceptors (Lipinski definition) is 25. The molecule has 4 amide bonds. The number of aliphatic hydroxyl groups is 10. The Balaban J connectivity index is 0.000000277. The number of carbonyl (C=O) groups is 5. The van der Waals surface area contributed by atoms with Crippen molar-refractivity contribution in [2.75, 3.05) is 19.7 Å². The van der Waals surface area contributed by atoms with E-state index in [1.807, 2.05) is 39.0 Å². The zero-order chi connectivity index (χ0) is 86.5. The number of benzene rings is 5. The van der Waals surface area contributed by atoms with Gasteiger partial charge < -0.3 is 99.5 Å². The fourth-order valence-corrected chi connectivity index (χ4v) is 15.6. The largest absolute Gasteiger partial charge is 0.507 e. The Hall–Kier alpha value is -7.36. The number of imide groups is 2. The van der Waals surface area contributed by atoms with Crippen LogP contribution in [0.15, 0.2) is 121 Å². The Morgan fingerprint density at radius 3 is 1.22 bits per heavy atom. The first-order chi connectivity index (χ1) is 57.1. The van der Waals surface area contributed by atoms with Crippen LogP contribution in [0, 0.1) is 6.92 Å². The molecule has 27 heteroatoms. The zero-order valence-corrected chi connectivity index (χ0v) is 69.9. The number of carbonyl (C=O) groups excluding carboxylic acids is 5. The molecule has 660 valence electrons. The number of rotatable bonds is 45. The van der Waals surface area contributed by atoms with Crippen LogP contribution in [-0.2, 0) is 33.2 Å². The number of aldehydes is 1. The second-order valence-corrected chi connectivity index (χ2v) is 32.3. The highest BCUT2D eigenvalue weighted by atomic mass is 16.7. The summed E-state index contributed by atoms with van der Waals surface area (Å²) >= 11 is 0. The molecule has 5 aliphatic heterocycles. The summed E-state index contributed by atoms with van der Waals surface area (Å²) in [5.74, 6) is -0.891. The Morgan fingerprint density at radius 1 is 0.420 bits per heavy atom. The molecule has 5 aliphatic rings. The molecule has 20 atom stereocenters. The molecule has 3 saturated heterocycles. The Bertz CT molecular complexity index is 3720. The summed E-state index contributed by atoms with van der Waals surface area (Å²) in [6, 6.07) is 34.2. The monoisotopic (exact) mass is 1670 g/mol. The van der Waals surface area contributed by atoms with Crippen LogP contribution >= 0.6 is 0 Å². The Morgan fingerprint density at radius 2 is 0.790 bits per heavy atom. The fourth-order valence-electron chi connectivity index (χ4n) is 15.6. The molecule has 0 aromatic heterocycles. The lowest BCUT2D eigenvalue weighted by Crippen LogP contribution is -2.46. The smallest absolute Gasteiger partial charge is 0.261 e. The number of hydrogen-bond donors (Lipinski definition) is 13. The summed E-state index contributed by atoms with van der Waals surface area (Å²) in [4.78, 5) is 62.8. The summed E-state index contributed by atoms with van der Waals surface area (Å²) < 4.78 is 43.4. The number of phenols is 3. The summed E-state index contributed by atoms with van der Waals surface area (Å²) in [5, 5.41) is 130. The number of aromatic hydroxyl groups is 3. The Labute approximate surface area is 701 Å². The average Bonchev–Trinajstić information content (AvgIpc) is 1.64. The lowest BCUT2D eigenvalue weighted by molar-refractivity contribution is -0.257. The quantitative estimate of drug-likeness (QED) is 0.00978. The number of fused-ring (bicyclic) bond motifs is 2. The molecule has 3 fully saturated rings. The molecule has 10 rings (SSSR count). The predicted molar refractivity (Wildman–Crippen MR) is 445 cm³/mol. The van der Waals surface area contributed by atoms with Crippen molar-refractivity contribution in [2.24, 2.45) is 0 Å². The zero-order valence-electron chi connectivity index (χ0n) is 69.9. The summed E-state index contributed by atoms with van der Waals surface area (Å²) in [6.07, 6.45) is 6.63. The van der Waals surface area contributed by atoms with Gasteiger partial charge >= 0.3 is 0 Å². The van der Waals surface area contributed by atoms with E-state index in [9.17, 15) is 80.1 Å². The minimum atomic E-state index is -0.831. The lowest BCUT2D eigenvalue weighted by atomic mass is 9.95. The third kappa shape index (κ3) is 33.8. The van der Waals surface area contributed by atoms with Crippen molar-refractivity contribution < 1.29 is 124 Å². The van der Waals surface area contributed by atoms with Crippen LogP contribution in [-0.4, -0.2) is 236 Å². The SMILES string of the molecule is CCC1CC(CCCC2CC(CC(O)CCCC3CC(CCC[C@H](C)O)OC(CN4C(=O)c5ccccc5C4=O)O3)OC(c3ccccc3O)O2)OC(c2ccccc2O)O1.CCOC(C)CN1C(=O)c2ccccc2C1=O.O=Cc1ccccc1O.[CH2+][C@H](O)CCCC(O)CC(O)CCCC(O)CC(O)CC(O)CCCC(O)CC(O)CC. The first-order valence-electron chi connectivity index (χ1n) is 42.9. The van der Waals surface area contributed by atoms with Crippen LogP contribution in [0.2, 0.25) is 0 Å². The Kier molecular flexibility index (Phi) is 43.3. The van der Waals surface area contributed by atoms with Crippen molar-refractivity contribution in [3.63, 3.8) is 0 Å². The molecule has 119 heavy (non-hydrogen) atoms. The van der Waals surface area contributed by atoms with Crippen LogP contribution < -0.4 is 0 Å². The molecule has 18 unspecified atom stereocenters. The van der Waals surface area contributed by atoms with Crippen LogP contribution in [0.1, 0.15) is 290 Å². The molecule has 5 heterocycles. The highest BCUT2D eigenvalue weighted by molar-refractivity contribution is 6.22. The number of ether oxygens (including phenoxy) is 7. The topological polar surface area (TPSA) is 419 Å². The summed E-state index contributed by atoms with van der Waals surface area (Å²) in [7, 11) is 0. The van der Waals surface area contributed by atoms with E-state index in [0.29, 0.717) is 180 Å². The number of aliphatic hydroxyl groups excluding tert-OH is 10. The second-order valence-electron chi connectivity index (χ2n) is 32.3. The molecule has 5 aromatic carbocycles. The highest BCUT2D eigenvalue weighted by Gasteiger charge is 2.42. The van der Waals surface area contributed by atoms with E-state index >= 15 is 0 Å². The average molecular weight is 1670 g/mol. The standard InChI is InChI=1S/C48H63NO12.C24H49O8.C13H15NO3.C7H6O2/c1-3-32-26-35(59-47(58-32)40-21-6-8-23-42(40)52)17-12-18-36-28-37(61-48(60-36)41-22-7-9-24-43(41)53)25-31(51)14-11-16-34-27-33(15-10-13-30(2)50)56-44(57-34)29-49-45(54)38-19-4-5-20-39(38)46(49)55;1-3-18(26)13-19(27)9-5-11-22(30)15-24(32)16-23(31)12-6-10-21(29)14-20(28)8-4-7-17(2)25;1-3-17-9(2)8-14-12(15)10-6-4-5-7-11(10)13(14)16;8-5-6-3-1-2-4-7(6)9/h4-9,19-24,30-37,44,47-48,50-53H,3,10-18,25-29H2,1-2H3;17-32H,2-16H2,1H3;4-7,9H,3,8H2,1-2H3;1-5,9H/q;+1;;/t30-,31?,32?,33?,34?,35?,36?,37?,44?,47?,48?;17-,18?,19?,20?,21?,22?,23?,24?;;/m00../s1. The van der Waals surface area contributed by atoms with Gasteiger partial charge in [0.1, 0.15) is 17.2 Å². The van der Waals surface area contributed by atoms with E-state index in [2.05, 4.69) is 13.8 Å². The molecular formula is C92H133N2O25+. The first-order valence-corrected chi connectivity index (χ1v) is 42.9. The lowest BCUT2D eigenvalue weighted by Gasteiger charge is -2.38. The molecule has 13 N–H and O–H groups in total. The number of phenolic OH excluding ortho intramolecular Hbond substituents is 3. The van der Waals surface area contributed by atoms with Crippen molar-refractivity contribution in [3.05, 3.63) is 167 Å². The maximum Gasteiger partial charge on any atom is 0.261 e. The van der Waals surface area contributed by atoms with Gasteiger partial charge in [-0.1, -0.05) is 86.6 Å². The van der Waals surface area contributed by atoms with Gasteiger partial charge in [0.25, 0.3) is 23.6 Å². The van der Waals surface area contributed by atoms with Gasteiger partial charge in [-0.3, -0.25) is 33.8 Å². The van der Waals surface area contributed by atoms with Crippen LogP contribution in [0.25, 0.3) is 0 Å². The highest BCUT2D eigenvalue weighted by Crippen LogP contribution is 2.41. The van der Waals surface area contributed by atoms with Crippen LogP contribution in [0.4, 0.5) is 0 Å². The van der Waals surface area contributed by atoms with E-state index in [-0.39, 0.29) is 109 Å². The summed E-state index contributed by atoms with van der Waals surface area (Å²) in [5.41, 5.74) is 3.24. The normalized spacial score (nSPS) is 23.2. The number of para-hydroxylation sites is 3. The molecule has 27 nitrogen and oxygen atoms in total. The van der Waals surface area contributed by atoms with Crippen molar-refractivity contribution in [1.82, 2.24) is 9.80 Å². The van der Waals surface area contributed by atoms with E-state index in [1.165, 1.54) is 15.9 Å². The molecule has 0 radical (unpaired) electrons. The molecule has 0 aliphatic carbocycles. The van der Waals surface area contributed by atoms with Gasteiger partial charge in [0.05, 0.1) is 145 Å². The fraction of sp³-hybridized carbons (Fsp3) is 0.609. The second kappa shape index (κ2) is 52.2. The van der Waals surface area contributed by atoms with Crippen molar-refractivity contribution in [1.29, 1.82) is 0 Å². The van der Waals surface area contributed by atoms with Gasteiger partial charge in [-0.15, -0.1) is 0 Å².